The van der Waals surface area contributed by atoms with E-state index in [1.165, 1.54) is 24.4 Å². The van der Waals surface area contributed by atoms with E-state index in [-0.39, 0.29) is 0 Å². The summed E-state index contributed by atoms with van der Waals surface area (Å²) >= 11 is 1.48. The average molecular weight is 303 g/mol. The fraction of sp³-hybridized carbons (Fsp3) is 0.467. The highest BCUT2D eigenvalue weighted by atomic mass is 32.1. The number of rotatable bonds is 3. The van der Waals surface area contributed by atoms with Gasteiger partial charge in [-0.15, -0.1) is 0 Å². The Kier molecular flexibility index (Phi) is 4.07. The van der Waals surface area contributed by atoms with Crippen LogP contribution in [0.2, 0.25) is 0 Å². The molecule has 112 valence electrons. The number of nitrogen functional groups attached to an aromatic ring is 1. The molecule has 0 aliphatic carbocycles. The van der Waals surface area contributed by atoms with Crippen molar-refractivity contribution in [2.75, 3.05) is 37.8 Å². The van der Waals surface area contributed by atoms with E-state index < -0.39 is 0 Å². The molecule has 0 spiro atoms. The van der Waals surface area contributed by atoms with Crippen LogP contribution in [0.5, 0.6) is 0 Å². The number of nitrogens with zero attached hydrogens (tertiary/aromatic N) is 4. The van der Waals surface area contributed by atoms with Crippen LogP contribution in [0, 0.1) is 0 Å². The molecule has 5 nitrogen and oxygen atoms in total. The molecule has 0 saturated carbocycles. The number of hydrogen-bond donors (Lipinski definition) is 1. The average Bonchev–Trinajstić information content (AvgIpc) is 2.90. The van der Waals surface area contributed by atoms with Gasteiger partial charge in [0.2, 0.25) is 0 Å². The summed E-state index contributed by atoms with van der Waals surface area (Å²) in [5.74, 6) is 0.600. The molecule has 2 N–H and O–H groups in total. The number of likely N-dealkylation sites (tertiary alicyclic amines) is 1. The third-order valence-electron chi connectivity index (χ3n) is 4.21. The van der Waals surface area contributed by atoms with E-state index in [4.69, 9.17) is 5.73 Å². The van der Waals surface area contributed by atoms with Crippen molar-refractivity contribution in [1.82, 2.24) is 14.3 Å². The van der Waals surface area contributed by atoms with Gasteiger partial charge in [0.25, 0.3) is 0 Å². The second-order valence-corrected chi connectivity index (χ2v) is 6.39. The first kappa shape index (κ1) is 14.3. The van der Waals surface area contributed by atoms with Gasteiger partial charge in [-0.1, -0.05) is 6.07 Å². The Balaban J connectivity index is 1.89. The Bertz CT molecular complexity index is 589. The molecule has 0 aromatic carbocycles. The monoisotopic (exact) mass is 303 g/mol. The van der Waals surface area contributed by atoms with E-state index in [2.05, 4.69) is 33.3 Å². The smallest absolute Gasteiger partial charge is 0.147 e. The van der Waals surface area contributed by atoms with Crippen LogP contribution in [-0.2, 0) is 0 Å². The molecule has 2 aromatic rings. The Hall–Kier alpha value is -1.66. The van der Waals surface area contributed by atoms with Crippen molar-refractivity contribution in [1.29, 1.82) is 0 Å². The minimum absolute atomic E-state index is 0.552. The molecule has 21 heavy (non-hydrogen) atoms. The van der Waals surface area contributed by atoms with Gasteiger partial charge in [-0.2, -0.15) is 4.37 Å². The minimum Gasteiger partial charge on any atom is -0.382 e. The van der Waals surface area contributed by atoms with Crippen molar-refractivity contribution in [3.63, 3.8) is 0 Å². The second-order valence-electron chi connectivity index (χ2n) is 5.64. The molecule has 1 aliphatic heterocycles. The van der Waals surface area contributed by atoms with Gasteiger partial charge in [0, 0.05) is 31.0 Å². The molecule has 0 atom stereocenters. The van der Waals surface area contributed by atoms with E-state index in [1.807, 2.05) is 18.3 Å². The lowest BCUT2D eigenvalue weighted by Gasteiger charge is -2.35. The van der Waals surface area contributed by atoms with Crippen LogP contribution in [0.25, 0.3) is 11.1 Å². The number of pyridine rings is 1. The van der Waals surface area contributed by atoms with Crippen LogP contribution in [0.1, 0.15) is 12.8 Å². The maximum absolute atomic E-state index is 6.10. The number of hydrogen-bond acceptors (Lipinski definition) is 6. The summed E-state index contributed by atoms with van der Waals surface area (Å²) in [6.07, 6.45) is 5.99. The van der Waals surface area contributed by atoms with Crippen LogP contribution >= 0.6 is 11.5 Å². The van der Waals surface area contributed by atoms with Crippen LogP contribution < -0.4 is 10.6 Å². The van der Waals surface area contributed by atoms with E-state index in [1.54, 1.807) is 6.20 Å². The van der Waals surface area contributed by atoms with Crippen LogP contribution in [0.15, 0.2) is 24.5 Å². The maximum atomic E-state index is 6.10. The zero-order valence-electron chi connectivity index (χ0n) is 12.5. The summed E-state index contributed by atoms with van der Waals surface area (Å²) in [5, 5.41) is 1.15. The van der Waals surface area contributed by atoms with Gasteiger partial charge in [0.05, 0.1) is 5.56 Å². The largest absolute Gasteiger partial charge is 0.382 e. The standard InChI is InChI=1S/C15H21N5S/c1-19-8-5-12(6-9-19)20(2)15-13(14(16)18-21-15)11-4-3-7-17-10-11/h3-4,7,10,12H,5-6,8-9H2,1-2H3,(H2,16,18). The van der Waals surface area contributed by atoms with Crippen LogP contribution in [0.4, 0.5) is 10.8 Å². The summed E-state index contributed by atoms with van der Waals surface area (Å²) in [6.45, 7) is 2.29. The Morgan fingerprint density at radius 1 is 1.38 bits per heavy atom. The summed E-state index contributed by atoms with van der Waals surface area (Å²) in [5.41, 5.74) is 8.16. The number of aromatic nitrogens is 2. The first-order valence-electron chi connectivity index (χ1n) is 7.23. The number of nitrogens with two attached hydrogens (primary N) is 1. The van der Waals surface area contributed by atoms with Crippen molar-refractivity contribution >= 4 is 22.4 Å². The van der Waals surface area contributed by atoms with Crippen molar-refractivity contribution < 1.29 is 0 Å². The quantitative estimate of drug-likeness (QED) is 0.943. The van der Waals surface area contributed by atoms with E-state index in [9.17, 15) is 0 Å². The maximum Gasteiger partial charge on any atom is 0.147 e. The summed E-state index contributed by atoms with van der Waals surface area (Å²) in [6, 6.07) is 4.53. The molecule has 0 amide bonds. The molecular formula is C15H21N5S. The van der Waals surface area contributed by atoms with E-state index >= 15 is 0 Å². The highest BCUT2D eigenvalue weighted by Gasteiger charge is 2.25. The topological polar surface area (TPSA) is 58.3 Å². The third-order valence-corrected chi connectivity index (χ3v) is 5.16. The molecule has 0 unspecified atom stereocenters. The number of anilines is 2. The lowest BCUT2D eigenvalue weighted by atomic mass is 10.0. The van der Waals surface area contributed by atoms with Crippen molar-refractivity contribution in [3.05, 3.63) is 24.5 Å². The molecule has 0 bridgehead atoms. The van der Waals surface area contributed by atoms with Crippen molar-refractivity contribution in [2.24, 2.45) is 0 Å². The molecule has 1 fully saturated rings. The lowest BCUT2D eigenvalue weighted by molar-refractivity contribution is 0.253. The highest BCUT2D eigenvalue weighted by molar-refractivity contribution is 7.11. The van der Waals surface area contributed by atoms with E-state index in [0.717, 1.165) is 29.2 Å². The molecule has 1 saturated heterocycles. The zero-order chi connectivity index (χ0) is 14.8. The van der Waals surface area contributed by atoms with Crippen LogP contribution in [-0.4, -0.2) is 47.5 Å². The van der Waals surface area contributed by atoms with E-state index in [0.29, 0.717) is 11.9 Å². The summed E-state index contributed by atoms with van der Waals surface area (Å²) in [4.78, 5) is 8.93. The van der Waals surface area contributed by atoms with Gasteiger partial charge in [-0.3, -0.25) is 4.98 Å². The fourth-order valence-electron chi connectivity index (χ4n) is 2.86. The molecule has 3 heterocycles. The SMILES string of the molecule is CN1CCC(N(C)c2snc(N)c2-c2cccnc2)CC1. The zero-order valence-corrected chi connectivity index (χ0v) is 13.3. The highest BCUT2D eigenvalue weighted by Crippen LogP contribution is 2.40. The predicted molar refractivity (Wildman–Crippen MR) is 88.7 cm³/mol. The molecular weight excluding hydrogens is 282 g/mol. The third kappa shape index (κ3) is 2.87. The lowest BCUT2D eigenvalue weighted by Crippen LogP contribution is -2.41. The van der Waals surface area contributed by atoms with Crippen molar-refractivity contribution in [2.45, 2.75) is 18.9 Å². The van der Waals surface area contributed by atoms with Gasteiger partial charge in [0.15, 0.2) is 0 Å². The molecule has 2 aromatic heterocycles. The summed E-state index contributed by atoms with van der Waals surface area (Å²) in [7, 11) is 4.34. The van der Waals surface area contributed by atoms with Gasteiger partial charge < -0.3 is 15.5 Å². The molecule has 1 aliphatic rings. The van der Waals surface area contributed by atoms with Gasteiger partial charge in [0.1, 0.15) is 10.8 Å². The first-order chi connectivity index (χ1) is 10.2. The predicted octanol–water partition coefficient (Wildman–Crippen LogP) is 2.32. The molecule has 0 radical (unpaired) electrons. The Morgan fingerprint density at radius 2 is 2.14 bits per heavy atom. The van der Waals surface area contributed by atoms with Crippen molar-refractivity contribution in [3.8, 4) is 11.1 Å². The molecule has 3 rings (SSSR count). The fourth-order valence-corrected chi connectivity index (χ4v) is 3.73. The van der Waals surface area contributed by atoms with Gasteiger partial charge in [-0.25, -0.2) is 0 Å². The van der Waals surface area contributed by atoms with Gasteiger partial charge in [-0.05, 0) is 50.6 Å². The molecule has 6 heteroatoms. The first-order valence-corrected chi connectivity index (χ1v) is 8.01. The summed E-state index contributed by atoms with van der Waals surface area (Å²) < 4.78 is 4.36. The minimum atomic E-state index is 0.552. The normalized spacial score (nSPS) is 17.0. The van der Waals surface area contributed by atoms with Gasteiger partial charge >= 0.3 is 0 Å². The number of piperidine rings is 1. The van der Waals surface area contributed by atoms with Crippen LogP contribution in [0.3, 0.4) is 0 Å². The Labute approximate surface area is 129 Å². The Morgan fingerprint density at radius 3 is 2.81 bits per heavy atom. The second kappa shape index (κ2) is 5.99.